The van der Waals surface area contributed by atoms with Crippen molar-refractivity contribution in [3.63, 3.8) is 0 Å². The van der Waals surface area contributed by atoms with Gasteiger partial charge in [0, 0.05) is 19.7 Å². The molecule has 82 valence electrons. The van der Waals surface area contributed by atoms with Crippen molar-refractivity contribution in [2.24, 2.45) is 12.8 Å². The first-order valence-electron chi connectivity index (χ1n) is 4.78. The van der Waals surface area contributed by atoms with Crippen LogP contribution >= 0.6 is 0 Å². The molecule has 1 saturated heterocycles. The molecule has 0 aliphatic carbocycles. The number of carbonyl (C=O) groups is 1. The van der Waals surface area contributed by atoms with Crippen molar-refractivity contribution in [1.82, 2.24) is 9.78 Å². The Kier molecular flexibility index (Phi) is 2.45. The number of carbonyl (C=O) groups excluding carboxylic acids is 1. The van der Waals surface area contributed by atoms with Gasteiger partial charge < -0.3 is 15.8 Å². The van der Waals surface area contributed by atoms with Crippen LogP contribution < -0.4 is 11.1 Å². The summed E-state index contributed by atoms with van der Waals surface area (Å²) in [5, 5.41) is 6.68. The molecule has 0 radical (unpaired) electrons. The van der Waals surface area contributed by atoms with E-state index in [-0.39, 0.29) is 12.5 Å². The minimum absolute atomic E-state index is 0.219. The van der Waals surface area contributed by atoms with Crippen LogP contribution in [0, 0.1) is 0 Å². The first kappa shape index (κ1) is 10.1. The smallest absolute Gasteiger partial charge is 0.248 e. The third kappa shape index (κ3) is 1.86. The summed E-state index contributed by atoms with van der Waals surface area (Å²) in [4.78, 5) is 11.8. The zero-order valence-electron chi connectivity index (χ0n) is 8.56. The second-order valence-electron chi connectivity index (χ2n) is 3.75. The SMILES string of the molecule is Cn1nccc1NC(=O)C1(N)CCOC1. The maximum atomic E-state index is 11.8. The first-order valence-corrected chi connectivity index (χ1v) is 4.78. The fourth-order valence-corrected chi connectivity index (χ4v) is 1.50. The van der Waals surface area contributed by atoms with Crippen LogP contribution in [0.3, 0.4) is 0 Å². The molecule has 1 amide bonds. The zero-order chi connectivity index (χ0) is 10.9. The molecular weight excluding hydrogens is 196 g/mol. The number of hydrogen-bond acceptors (Lipinski definition) is 4. The van der Waals surface area contributed by atoms with Gasteiger partial charge >= 0.3 is 0 Å². The Bertz CT molecular complexity index is 368. The monoisotopic (exact) mass is 210 g/mol. The fourth-order valence-electron chi connectivity index (χ4n) is 1.50. The molecule has 1 fully saturated rings. The Balaban J connectivity index is 2.07. The normalized spacial score (nSPS) is 25.5. The van der Waals surface area contributed by atoms with Gasteiger partial charge in [0.2, 0.25) is 5.91 Å². The molecule has 0 spiro atoms. The molecule has 0 bridgehead atoms. The van der Waals surface area contributed by atoms with E-state index in [1.165, 1.54) is 0 Å². The molecule has 0 saturated carbocycles. The Labute approximate surface area is 87.4 Å². The highest BCUT2D eigenvalue weighted by Crippen LogP contribution is 2.17. The summed E-state index contributed by atoms with van der Waals surface area (Å²) in [6, 6.07) is 1.72. The number of nitrogens with one attached hydrogen (secondary N) is 1. The van der Waals surface area contributed by atoms with Gasteiger partial charge in [-0.05, 0) is 6.42 Å². The number of nitrogens with zero attached hydrogens (tertiary/aromatic N) is 2. The highest BCUT2D eigenvalue weighted by atomic mass is 16.5. The summed E-state index contributed by atoms with van der Waals surface area (Å²) < 4.78 is 6.70. The molecule has 1 aromatic rings. The first-order chi connectivity index (χ1) is 7.12. The summed E-state index contributed by atoms with van der Waals surface area (Å²) >= 11 is 0. The molecule has 0 aromatic carbocycles. The molecule has 1 aliphatic heterocycles. The van der Waals surface area contributed by atoms with Gasteiger partial charge in [0.05, 0.1) is 12.8 Å². The molecule has 1 aromatic heterocycles. The summed E-state index contributed by atoms with van der Waals surface area (Å²) in [7, 11) is 1.75. The Hall–Kier alpha value is -1.40. The highest BCUT2D eigenvalue weighted by molar-refractivity contribution is 5.97. The number of anilines is 1. The number of ether oxygens (including phenoxy) is 1. The van der Waals surface area contributed by atoms with Crippen LogP contribution in [0.4, 0.5) is 5.82 Å². The third-order valence-corrected chi connectivity index (χ3v) is 2.57. The Morgan fingerprint density at radius 1 is 1.80 bits per heavy atom. The number of aromatic nitrogens is 2. The van der Waals surface area contributed by atoms with E-state index >= 15 is 0 Å². The molecule has 2 heterocycles. The van der Waals surface area contributed by atoms with Crippen LogP contribution in [0.15, 0.2) is 12.3 Å². The zero-order valence-corrected chi connectivity index (χ0v) is 8.56. The van der Waals surface area contributed by atoms with Crippen molar-refractivity contribution >= 4 is 11.7 Å². The predicted molar refractivity (Wildman–Crippen MR) is 54.2 cm³/mol. The third-order valence-electron chi connectivity index (χ3n) is 2.57. The summed E-state index contributed by atoms with van der Waals surface area (Å²) in [5.74, 6) is 0.417. The van der Waals surface area contributed by atoms with Crippen molar-refractivity contribution in [3.05, 3.63) is 12.3 Å². The van der Waals surface area contributed by atoms with E-state index < -0.39 is 5.54 Å². The molecule has 3 N–H and O–H groups in total. The minimum atomic E-state index is -0.899. The van der Waals surface area contributed by atoms with Gasteiger partial charge in [-0.3, -0.25) is 9.48 Å². The van der Waals surface area contributed by atoms with Gasteiger partial charge in [0.15, 0.2) is 0 Å². The van der Waals surface area contributed by atoms with E-state index in [1.807, 2.05) is 0 Å². The van der Waals surface area contributed by atoms with E-state index in [4.69, 9.17) is 10.5 Å². The van der Waals surface area contributed by atoms with Crippen LogP contribution in [-0.2, 0) is 16.6 Å². The van der Waals surface area contributed by atoms with E-state index in [0.29, 0.717) is 18.8 Å². The molecule has 15 heavy (non-hydrogen) atoms. The maximum Gasteiger partial charge on any atom is 0.248 e. The van der Waals surface area contributed by atoms with E-state index in [1.54, 1.807) is 24.0 Å². The lowest BCUT2D eigenvalue weighted by Crippen LogP contribution is -2.51. The number of hydrogen-bond donors (Lipinski definition) is 2. The lowest BCUT2D eigenvalue weighted by molar-refractivity contribution is -0.121. The second-order valence-corrected chi connectivity index (χ2v) is 3.75. The molecular formula is C9H14N4O2. The summed E-state index contributed by atoms with van der Waals surface area (Å²) in [6.45, 7) is 0.811. The standard InChI is InChI=1S/C9H14N4O2/c1-13-7(2-4-11-13)12-8(14)9(10)3-5-15-6-9/h2,4H,3,5-6,10H2,1H3,(H,12,14). The van der Waals surface area contributed by atoms with Crippen molar-refractivity contribution in [3.8, 4) is 0 Å². The van der Waals surface area contributed by atoms with Gasteiger partial charge in [-0.2, -0.15) is 5.10 Å². The van der Waals surface area contributed by atoms with Gasteiger partial charge in [0.25, 0.3) is 0 Å². The van der Waals surface area contributed by atoms with Crippen molar-refractivity contribution in [1.29, 1.82) is 0 Å². The van der Waals surface area contributed by atoms with Gasteiger partial charge in [-0.1, -0.05) is 0 Å². The van der Waals surface area contributed by atoms with E-state index in [0.717, 1.165) is 0 Å². The lowest BCUT2D eigenvalue weighted by Gasteiger charge is -2.20. The van der Waals surface area contributed by atoms with Crippen LogP contribution in [0.5, 0.6) is 0 Å². The van der Waals surface area contributed by atoms with Crippen molar-refractivity contribution < 1.29 is 9.53 Å². The largest absolute Gasteiger partial charge is 0.379 e. The van der Waals surface area contributed by atoms with Crippen molar-refractivity contribution in [2.45, 2.75) is 12.0 Å². The highest BCUT2D eigenvalue weighted by Gasteiger charge is 2.38. The Morgan fingerprint density at radius 2 is 2.60 bits per heavy atom. The minimum Gasteiger partial charge on any atom is -0.379 e. The fraction of sp³-hybridized carbons (Fsp3) is 0.556. The number of nitrogens with two attached hydrogens (primary N) is 1. The average Bonchev–Trinajstić information content (AvgIpc) is 2.78. The topological polar surface area (TPSA) is 82.2 Å². The lowest BCUT2D eigenvalue weighted by atomic mass is 9.99. The number of aryl methyl sites for hydroxylation is 1. The Morgan fingerprint density at radius 3 is 3.13 bits per heavy atom. The molecule has 1 aliphatic rings. The van der Waals surface area contributed by atoms with E-state index in [2.05, 4.69) is 10.4 Å². The van der Waals surface area contributed by atoms with Crippen LogP contribution in [0.2, 0.25) is 0 Å². The predicted octanol–water partition coefficient (Wildman–Crippen LogP) is -0.524. The molecule has 6 nitrogen and oxygen atoms in total. The number of rotatable bonds is 2. The van der Waals surface area contributed by atoms with Crippen LogP contribution in [-0.4, -0.2) is 34.4 Å². The number of amides is 1. The van der Waals surface area contributed by atoms with Crippen molar-refractivity contribution in [2.75, 3.05) is 18.5 Å². The quantitative estimate of drug-likeness (QED) is 0.688. The van der Waals surface area contributed by atoms with Gasteiger partial charge in [-0.25, -0.2) is 0 Å². The molecule has 2 rings (SSSR count). The second kappa shape index (κ2) is 3.63. The van der Waals surface area contributed by atoms with E-state index in [9.17, 15) is 4.79 Å². The average molecular weight is 210 g/mol. The van der Waals surface area contributed by atoms with Gasteiger partial charge in [0.1, 0.15) is 11.4 Å². The maximum absolute atomic E-state index is 11.8. The van der Waals surface area contributed by atoms with Crippen LogP contribution in [0.25, 0.3) is 0 Å². The van der Waals surface area contributed by atoms with Gasteiger partial charge in [-0.15, -0.1) is 0 Å². The summed E-state index contributed by atoms with van der Waals surface area (Å²) in [5.41, 5.74) is 5.00. The molecule has 1 unspecified atom stereocenters. The molecule has 6 heteroatoms. The molecule has 1 atom stereocenters. The summed E-state index contributed by atoms with van der Waals surface area (Å²) in [6.07, 6.45) is 2.17. The van der Waals surface area contributed by atoms with Crippen LogP contribution in [0.1, 0.15) is 6.42 Å².